The first-order valence-electron chi connectivity index (χ1n) is 11.8. The van der Waals surface area contributed by atoms with E-state index in [4.69, 9.17) is 9.26 Å². The Morgan fingerprint density at radius 2 is 2.03 bits per heavy atom. The number of carboxylic acid groups (broad SMARTS) is 1. The number of amides is 1. The molecule has 2 atom stereocenters. The smallest absolute Gasteiger partial charge is 0.407 e. The van der Waals surface area contributed by atoms with E-state index in [1.807, 2.05) is 39.0 Å². The first-order valence-corrected chi connectivity index (χ1v) is 11.8. The number of nitrogens with one attached hydrogen (secondary N) is 1. The standard InChI is InChI=1S/C25H28N6O5/c1-25(2,3)19-11-14(9-10-30(19)24(33)34)17-12-20(32)27-22-16(13-26-31(17)22)21-28-23(36-29-21)15-7-5-6-8-18(15)35-4/h5-8,12-14,19H,9-11H2,1-4H3,(H,27,32)(H,33,34). The summed E-state index contributed by atoms with van der Waals surface area (Å²) in [5.41, 5.74) is 1.83. The van der Waals surface area contributed by atoms with Crippen LogP contribution in [0.25, 0.3) is 28.5 Å². The van der Waals surface area contributed by atoms with Gasteiger partial charge in [0.2, 0.25) is 5.82 Å². The number of rotatable bonds is 4. The van der Waals surface area contributed by atoms with Crippen LogP contribution in [-0.4, -0.2) is 60.5 Å². The molecule has 0 spiro atoms. The van der Waals surface area contributed by atoms with Gasteiger partial charge in [-0.2, -0.15) is 10.1 Å². The minimum Gasteiger partial charge on any atom is -0.496 e. The topological polar surface area (TPSA) is 139 Å². The molecule has 0 bridgehead atoms. The molecule has 188 valence electrons. The Bertz CT molecular complexity index is 1480. The van der Waals surface area contributed by atoms with Gasteiger partial charge < -0.3 is 24.3 Å². The number of likely N-dealkylation sites (tertiary alicyclic amines) is 1. The van der Waals surface area contributed by atoms with Crippen molar-refractivity contribution >= 4 is 11.7 Å². The molecular formula is C25H28N6O5. The average molecular weight is 493 g/mol. The van der Waals surface area contributed by atoms with Crippen molar-refractivity contribution in [2.75, 3.05) is 13.7 Å². The van der Waals surface area contributed by atoms with E-state index in [0.717, 1.165) is 5.69 Å². The second-order valence-corrected chi connectivity index (χ2v) is 10.1. The number of nitrogens with zero attached hydrogens (tertiary/aromatic N) is 5. The monoisotopic (exact) mass is 492 g/mol. The Hall–Kier alpha value is -4.15. The van der Waals surface area contributed by atoms with E-state index in [0.29, 0.717) is 41.9 Å². The molecular weight excluding hydrogens is 464 g/mol. The number of hydrogen-bond donors (Lipinski definition) is 2. The Morgan fingerprint density at radius 1 is 1.25 bits per heavy atom. The number of piperidine rings is 1. The van der Waals surface area contributed by atoms with Gasteiger partial charge in [0.1, 0.15) is 11.4 Å². The molecule has 5 rings (SSSR count). The van der Waals surface area contributed by atoms with E-state index in [1.54, 1.807) is 30.0 Å². The van der Waals surface area contributed by atoms with Gasteiger partial charge in [0.15, 0.2) is 0 Å². The Balaban J connectivity index is 1.53. The number of carbonyl (C=O) groups is 1. The maximum absolute atomic E-state index is 12.7. The molecule has 1 aromatic carbocycles. The van der Waals surface area contributed by atoms with Crippen molar-refractivity contribution < 1.29 is 19.2 Å². The van der Waals surface area contributed by atoms with Crippen molar-refractivity contribution in [1.29, 1.82) is 0 Å². The van der Waals surface area contributed by atoms with Crippen molar-refractivity contribution in [1.82, 2.24) is 29.6 Å². The van der Waals surface area contributed by atoms with Crippen LogP contribution in [0.5, 0.6) is 5.75 Å². The van der Waals surface area contributed by atoms with Crippen LogP contribution in [0.2, 0.25) is 0 Å². The molecule has 1 aliphatic rings. The van der Waals surface area contributed by atoms with Gasteiger partial charge in [-0.15, -0.1) is 0 Å². The summed E-state index contributed by atoms with van der Waals surface area (Å²) >= 11 is 0. The number of aromatic amines is 1. The van der Waals surface area contributed by atoms with Crippen LogP contribution >= 0.6 is 0 Å². The normalized spacial score (nSPS) is 18.5. The second-order valence-electron chi connectivity index (χ2n) is 10.1. The molecule has 0 aliphatic carbocycles. The van der Waals surface area contributed by atoms with E-state index < -0.39 is 6.09 Å². The highest BCUT2D eigenvalue weighted by Gasteiger charge is 2.40. The van der Waals surface area contributed by atoms with E-state index in [-0.39, 0.29) is 34.6 Å². The van der Waals surface area contributed by atoms with Crippen LogP contribution in [0.3, 0.4) is 0 Å². The summed E-state index contributed by atoms with van der Waals surface area (Å²) in [6, 6.07) is 8.67. The molecule has 0 saturated carbocycles. The van der Waals surface area contributed by atoms with E-state index in [2.05, 4.69) is 20.2 Å². The number of H-pyrrole nitrogens is 1. The van der Waals surface area contributed by atoms with Crippen molar-refractivity contribution in [2.24, 2.45) is 5.41 Å². The molecule has 11 heteroatoms. The van der Waals surface area contributed by atoms with E-state index >= 15 is 0 Å². The highest BCUT2D eigenvalue weighted by Crippen LogP contribution is 2.39. The zero-order valence-electron chi connectivity index (χ0n) is 20.6. The molecule has 36 heavy (non-hydrogen) atoms. The molecule has 1 amide bonds. The number of ether oxygens (including phenoxy) is 1. The van der Waals surface area contributed by atoms with Gasteiger partial charge in [0.05, 0.1) is 30.1 Å². The number of para-hydroxylation sites is 1. The van der Waals surface area contributed by atoms with Crippen molar-refractivity contribution in [3.63, 3.8) is 0 Å². The molecule has 1 aliphatic heterocycles. The van der Waals surface area contributed by atoms with Gasteiger partial charge in [-0.1, -0.05) is 38.1 Å². The Kier molecular flexibility index (Phi) is 5.77. The van der Waals surface area contributed by atoms with Crippen molar-refractivity contribution in [3.05, 3.63) is 52.6 Å². The minimum absolute atomic E-state index is 0.0446. The Morgan fingerprint density at radius 3 is 2.75 bits per heavy atom. The fraction of sp³-hybridized carbons (Fsp3) is 0.400. The lowest BCUT2D eigenvalue weighted by atomic mass is 9.76. The summed E-state index contributed by atoms with van der Waals surface area (Å²) in [4.78, 5) is 33.4. The molecule has 1 saturated heterocycles. The van der Waals surface area contributed by atoms with Crippen LogP contribution in [0, 0.1) is 5.41 Å². The number of fused-ring (bicyclic) bond motifs is 1. The van der Waals surface area contributed by atoms with Gasteiger partial charge in [-0.25, -0.2) is 9.31 Å². The first-order chi connectivity index (χ1) is 17.2. The minimum atomic E-state index is -0.922. The largest absolute Gasteiger partial charge is 0.496 e. The van der Waals surface area contributed by atoms with Crippen LogP contribution in [0.15, 0.2) is 45.8 Å². The summed E-state index contributed by atoms with van der Waals surface area (Å²) in [7, 11) is 1.57. The predicted octanol–water partition coefficient (Wildman–Crippen LogP) is 4.02. The number of benzene rings is 1. The summed E-state index contributed by atoms with van der Waals surface area (Å²) in [6.45, 7) is 6.48. The zero-order valence-corrected chi connectivity index (χ0v) is 20.6. The number of hydrogen-bond acceptors (Lipinski definition) is 7. The fourth-order valence-electron chi connectivity index (χ4n) is 5.01. The zero-order chi connectivity index (χ0) is 25.6. The SMILES string of the molecule is COc1ccccc1-c1nc(-c2cnn3c(C4CCN(C(=O)O)C(C(C)(C)C)C4)cc(=O)[nH]c23)no1. The maximum atomic E-state index is 12.7. The lowest BCUT2D eigenvalue weighted by Gasteiger charge is -2.44. The Labute approximate surface area is 206 Å². The van der Waals surface area contributed by atoms with Gasteiger partial charge in [-0.05, 0) is 30.4 Å². The molecule has 2 unspecified atom stereocenters. The van der Waals surface area contributed by atoms with Crippen molar-refractivity contribution in [2.45, 2.75) is 45.6 Å². The van der Waals surface area contributed by atoms with Crippen LogP contribution in [-0.2, 0) is 0 Å². The fourth-order valence-corrected chi connectivity index (χ4v) is 5.01. The third-order valence-corrected chi connectivity index (χ3v) is 6.80. The molecule has 3 aromatic heterocycles. The van der Waals surface area contributed by atoms with E-state index in [9.17, 15) is 14.7 Å². The number of methoxy groups -OCH3 is 1. The lowest BCUT2D eigenvalue weighted by molar-refractivity contribution is 0.0518. The highest BCUT2D eigenvalue weighted by molar-refractivity contribution is 5.73. The predicted molar refractivity (Wildman–Crippen MR) is 131 cm³/mol. The van der Waals surface area contributed by atoms with Crippen LogP contribution in [0.1, 0.15) is 45.2 Å². The summed E-state index contributed by atoms with van der Waals surface area (Å²) in [6.07, 6.45) is 1.85. The molecule has 2 N–H and O–H groups in total. The van der Waals surface area contributed by atoms with Crippen molar-refractivity contribution in [3.8, 4) is 28.6 Å². The molecule has 4 heterocycles. The van der Waals surface area contributed by atoms with Crippen LogP contribution in [0.4, 0.5) is 4.79 Å². The van der Waals surface area contributed by atoms with Gasteiger partial charge >= 0.3 is 6.09 Å². The maximum Gasteiger partial charge on any atom is 0.407 e. The summed E-state index contributed by atoms with van der Waals surface area (Å²) in [5.74, 6) is 1.13. The van der Waals surface area contributed by atoms with Crippen LogP contribution < -0.4 is 10.3 Å². The molecule has 1 fully saturated rings. The average Bonchev–Trinajstić information content (AvgIpc) is 3.49. The first kappa shape index (κ1) is 23.6. The second kappa shape index (κ2) is 8.81. The quantitative estimate of drug-likeness (QED) is 0.435. The third-order valence-electron chi connectivity index (χ3n) is 6.80. The van der Waals surface area contributed by atoms with E-state index in [1.165, 1.54) is 4.90 Å². The van der Waals surface area contributed by atoms with Gasteiger partial charge in [0.25, 0.3) is 11.4 Å². The summed E-state index contributed by atoms with van der Waals surface area (Å²) < 4.78 is 12.6. The third kappa shape index (κ3) is 4.10. The van der Waals surface area contributed by atoms with Gasteiger partial charge in [-0.3, -0.25) is 4.79 Å². The molecule has 0 radical (unpaired) electrons. The molecule has 4 aromatic rings. The summed E-state index contributed by atoms with van der Waals surface area (Å²) in [5, 5.41) is 18.4. The van der Waals surface area contributed by atoms with Gasteiger partial charge in [0, 0.05) is 24.6 Å². The highest BCUT2D eigenvalue weighted by atomic mass is 16.5. The molecule has 11 nitrogen and oxygen atoms in total. The lowest BCUT2D eigenvalue weighted by Crippen LogP contribution is -2.51. The number of aromatic nitrogens is 5.